The van der Waals surface area contributed by atoms with E-state index in [4.69, 9.17) is 17.3 Å². The Bertz CT molecular complexity index is 640. The number of piperazine rings is 1. The van der Waals surface area contributed by atoms with Crippen molar-refractivity contribution in [2.24, 2.45) is 0 Å². The number of halogens is 2. The molecule has 4 nitrogen and oxygen atoms in total. The van der Waals surface area contributed by atoms with Gasteiger partial charge in [-0.3, -0.25) is 9.80 Å². The topological polar surface area (TPSA) is 45.4 Å². The Balaban J connectivity index is 1.51. The van der Waals surface area contributed by atoms with Gasteiger partial charge in [-0.25, -0.2) is 9.37 Å². The standard InChI is InChI=1S/C15H18ClFN4S/c16-14-7-12(17)2-1-11(14)9-20-3-5-21(6-4-20)10-13-8-19-15(18)22-13/h1-2,7-8H,3-6,9-10H2,(H2,18,19). The second kappa shape index (κ2) is 6.91. The second-order valence-corrected chi connectivity index (χ2v) is 7.01. The number of rotatable bonds is 4. The highest BCUT2D eigenvalue weighted by atomic mass is 35.5. The van der Waals surface area contributed by atoms with E-state index in [0.717, 1.165) is 44.8 Å². The molecular formula is C15H18ClFN4S. The molecule has 0 saturated carbocycles. The van der Waals surface area contributed by atoms with Crippen LogP contribution < -0.4 is 5.73 Å². The van der Waals surface area contributed by atoms with Crippen molar-refractivity contribution in [2.75, 3.05) is 31.9 Å². The van der Waals surface area contributed by atoms with Crippen LogP contribution in [0.15, 0.2) is 24.4 Å². The molecule has 118 valence electrons. The van der Waals surface area contributed by atoms with Crippen LogP contribution in [-0.4, -0.2) is 41.0 Å². The van der Waals surface area contributed by atoms with E-state index in [0.29, 0.717) is 10.2 Å². The van der Waals surface area contributed by atoms with Gasteiger partial charge in [0, 0.05) is 55.4 Å². The number of anilines is 1. The molecule has 1 aliphatic heterocycles. The lowest BCUT2D eigenvalue weighted by Gasteiger charge is -2.34. The molecule has 0 aliphatic carbocycles. The van der Waals surface area contributed by atoms with Crippen LogP contribution in [0.4, 0.5) is 9.52 Å². The van der Waals surface area contributed by atoms with Gasteiger partial charge >= 0.3 is 0 Å². The molecule has 22 heavy (non-hydrogen) atoms. The first-order valence-corrected chi connectivity index (χ1v) is 8.38. The highest BCUT2D eigenvalue weighted by Gasteiger charge is 2.18. The fraction of sp³-hybridized carbons (Fsp3) is 0.400. The summed E-state index contributed by atoms with van der Waals surface area (Å²) >= 11 is 7.64. The third-order valence-corrected chi connectivity index (χ3v) is 4.99. The number of thiazole rings is 1. The van der Waals surface area contributed by atoms with Gasteiger partial charge in [0.15, 0.2) is 5.13 Å². The van der Waals surface area contributed by atoms with E-state index in [1.54, 1.807) is 17.4 Å². The molecule has 0 atom stereocenters. The van der Waals surface area contributed by atoms with Crippen molar-refractivity contribution in [1.29, 1.82) is 0 Å². The van der Waals surface area contributed by atoms with Gasteiger partial charge in [0.25, 0.3) is 0 Å². The van der Waals surface area contributed by atoms with Gasteiger partial charge < -0.3 is 5.73 Å². The Hall–Kier alpha value is -1.21. The molecule has 1 aromatic heterocycles. The largest absolute Gasteiger partial charge is 0.375 e. The van der Waals surface area contributed by atoms with Crippen LogP contribution in [0.25, 0.3) is 0 Å². The van der Waals surface area contributed by atoms with Gasteiger partial charge in [0.1, 0.15) is 5.82 Å². The number of hydrogen-bond acceptors (Lipinski definition) is 5. The first-order chi connectivity index (χ1) is 10.6. The first kappa shape index (κ1) is 15.7. The summed E-state index contributed by atoms with van der Waals surface area (Å²) in [6, 6.07) is 4.61. The maximum Gasteiger partial charge on any atom is 0.180 e. The lowest BCUT2D eigenvalue weighted by molar-refractivity contribution is 0.123. The monoisotopic (exact) mass is 340 g/mol. The van der Waals surface area contributed by atoms with E-state index in [9.17, 15) is 4.39 Å². The summed E-state index contributed by atoms with van der Waals surface area (Å²) in [5.74, 6) is -0.289. The minimum atomic E-state index is -0.289. The lowest BCUT2D eigenvalue weighted by atomic mass is 10.2. The van der Waals surface area contributed by atoms with Crippen LogP contribution in [0.2, 0.25) is 5.02 Å². The zero-order chi connectivity index (χ0) is 15.5. The molecule has 1 aliphatic rings. The molecule has 1 aromatic carbocycles. The van der Waals surface area contributed by atoms with E-state index < -0.39 is 0 Å². The maximum atomic E-state index is 13.1. The number of nitrogen functional groups attached to an aromatic ring is 1. The zero-order valence-electron chi connectivity index (χ0n) is 12.1. The molecule has 1 fully saturated rings. The maximum absolute atomic E-state index is 13.1. The fourth-order valence-electron chi connectivity index (χ4n) is 2.61. The fourth-order valence-corrected chi connectivity index (χ4v) is 3.57. The van der Waals surface area contributed by atoms with Gasteiger partial charge in [0.2, 0.25) is 0 Å². The van der Waals surface area contributed by atoms with E-state index in [-0.39, 0.29) is 5.82 Å². The van der Waals surface area contributed by atoms with Crippen molar-refractivity contribution in [3.05, 3.63) is 45.7 Å². The first-order valence-electron chi connectivity index (χ1n) is 7.19. The average molecular weight is 341 g/mol. The third-order valence-electron chi connectivity index (χ3n) is 3.82. The number of nitrogens with zero attached hydrogens (tertiary/aromatic N) is 3. The van der Waals surface area contributed by atoms with Crippen LogP contribution in [-0.2, 0) is 13.1 Å². The van der Waals surface area contributed by atoms with Gasteiger partial charge in [0.05, 0.1) is 0 Å². The molecule has 0 radical (unpaired) electrons. The third kappa shape index (κ3) is 3.95. The van der Waals surface area contributed by atoms with Crippen LogP contribution in [0.3, 0.4) is 0 Å². The SMILES string of the molecule is Nc1ncc(CN2CCN(Cc3ccc(F)cc3Cl)CC2)s1. The summed E-state index contributed by atoms with van der Waals surface area (Å²) < 4.78 is 13.1. The minimum Gasteiger partial charge on any atom is -0.375 e. The Morgan fingerprint density at radius 2 is 1.86 bits per heavy atom. The van der Waals surface area contributed by atoms with E-state index >= 15 is 0 Å². The Morgan fingerprint density at radius 3 is 2.45 bits per heavy atom. The molecule has 2 aromatic rings. The van der Waals surface area contributed by atoms with Gasteiger partial charge in [-0.15, -0.1) is 11.3 Å². The number of benzene rings is 1. The molecular weight excluding hydrogens is 323 g/mol. The summed E-state index contributed by atoms with van der Waals surface area (Å²) in [6.45, 7) is 5.61. The molecule has 3 rings (SSSR count). The predicted octanol–water partition coefficient (Wildman–Crippen LogP) is 2.84. The molecule has 2 heterocycles. The number of nitrogens with two attached hydrogens (primary N) is 1. The molecule has 1 saturated heterocycles. The second-order valence-electron chi connectivity index (χ2n) is 5.45. The van der Waals surface area contributed by atoms with Gasteiger partial charge in [-0.2, -0.15) is 0 Å². The van der Waals surface area contributed by atoms with Crippen molar-refractivity contribution in [3.63, 3.8) is 0 Å². The molecule has 2 N–H and O–H groups in total. The normalized spacial score (nSPS) is 17.0. The van der Waals surface area contributed by atoms with Crippen LogP contribution in [0, 0.1) is 5.82 Å². The smallest absolute Gasteiger partial charge is 0.180 e. The van der Waals surface area contributed by atoms with Crippen molar-refractivity contribution in [1.82, 2.24) is 14.8 Å². The van der Waals surface area contributed by atoms with Crippen LogP contribution >= 0.6 is 22.9 Å². The molecule has 0 bridgehead atoms. The summed E-state index contributed by atoms with van der Waals surface area (Å²) in [5.41, 5.74) is 6.64. The molecule has 7 heteroatoms. The Kier molecular flexibility index (Phi) is 4.93. The van der Waals surface area contributed by atoms with Crippen molar-refractivity contribution in [3.8, 4) is 0 Å². The lowest BCUT2D eigenvalue weighted by Crippen LogP contribution is -2.45. The van der Waals surface area contributed by atoms with Crippen molar-refractivity contribution in [2.45, 2.75) is 13.1 Å². The summed E-state index contributed by atoms with van der Waals surface area (Å²) in [4.78, 5) is 10.0. The van der Waals surface area contributed by atoms with Crippen molar-refractivity contribution >= 4 is 28.1 Å². The summed E-state index contributed by atoms with van der Waals surface area (Å²) in [6.07, 6.45) is 1.85. The minimum absolute atomic E-state index is 0.289. The van der Waals surface area contributed by atoms with Crippen LogP contribution in [0.1, 0.15) is 10.4 Å². The van der Waals surface area contributed by atoms with E-state index in [1.165, 1.54) is 17.0 Å². The Morgan fingerprint density at radius 1 is 1.18 bits per heavy atom. The van der Waals surface area contributed by atoms with E-state index in [2.05, 4.69) is 14.8 Å². The number of hydrogen-bond donors (Lipinski definition) is 1. The van der Waals surface area contributed by atoms with Crippen LogP contribution in [0.5, 0.6) is 0 Å². The van der Waals surface area contributed by atoms with Crippen molar-refractivity contribution < 1.29 is 4.39 Å². The average Bonchev–Trinajstić information content (AvgIpc) is 2.89. The zero-order valence-corrected chi connectivity index (χ0v) is 13.7. The quantitative estimate of drug-likeness (QED) is 0.929. The summed E-state index contributed by atoms with van der Waals surface area (Å²) in [5, 5.41) is 1.13. The predicted molar refractivity (Wildman–Crippen MR) is 88.5 cm³/mol. The van der Waals surface area contributed by atoms with Gasteiger partial charge in [-0.1, -0.05) is 17.7 Å². The molecule has 0 spiro atoms. The number of aromatic nitrogens is 1. The highest BCUT2D eigenvalue weighted by molar-refractivity contribution is 7.15. The van der Waals surface area contributed by atoms with E-state index in [1.807, 2.05) is 6.20 Å². The Labute approximate surface area is 138 Å². The van der Waals surface area contributed by atoms with Gasteiger partial charge in [-0.05, 0) is 17.7 Å². The highest BCUT2D eigenvalue weighted by Crippen LogP contribution is 2.21. The molecule has 0 unspecified atom stereocenters. The summed E-state index contributed by atoms with van der Waals surface area (Å²) in [7, 11) is 0. The molecule has 0 amide bonds.